The zero-order chi connectivity index (χ0) is 18.4. The van der Waals surface area contributed by atoms with E-state index in [1.54, 1.807) is 30.6 Å². The van der Waals surface area contributed by atoms with E-state index < -0.39 is 0 Å². The Balaban J connectivity index is 1.84. The zero-order valence-corrected chi connectivity index (χ0v) is 14.6. The molecular formula is C19H22N6O. The highest BCUT2D eigenvalue weighted by molar-refractivity contribution is 5.67. The Morgan fingerprint density at radius 1 is 1.15 bits per heavy atom. The number of nitrogens with one attached hydrogen (secondary N) is 2. The van der Waals surface area contributed by atoms with Gasteiger partial charge in [0, 0.05) is 36.3 Å². The molecule has 0 spiro atoms. The van der Waals surface area contributed by atoms with Crippen LogP contribution in [0.25, 0.3) is 11.3 Å². The number of aromatic hydroxyl groups is 1. The Bertz CT molecular complexity index is 883. The molecule has 7 nitrogen and oxygen atoms in total. The number of hydrogen-bond acceptors (Lipinski definition) is 7. The number of aromatic nitrogens is 3. The quantitative estimate of drug-likeness (QED) is 0.485. The van der Waals surface area contributed by atoms with E-state index in [1.165, 1.54) is 0 Å². The second-order valence-corrected chi connectivity index (χ2v) is 5.90. The first-order chi connectivity index (χ1) is 12.7. The molecule has 0 radical (unpaired) electrons. The third kappa shape index (κ3) is 4.46. The number of aryl methyl sites for hydroxylation is 1. The van der Waals surface area contributed by atoms with E-state index in [1.807, 2.05) is 25.1 Å². The molecule has 5 N–H and O–H groups in total. The maximum Gasteiger partial charge on any atom is 0.227 e. The molecule has 26 heavy (non-hydrogen) atoms. The van der Waals surface area contributed by atoms with Crippen molar-refractivity contribution in [3.05, 3.63) is 54.4 Å². The molecule has 0 saturated carbocycles. The maximum atomic E-state index is 9.58. The van der Waals surface area contributed by atoms with Crippen molar-refractivity contribution in [2.45, 2.75) is 13.3 Å². The van der Waals surface area contributed by atoms with E-state index in [-0.39, 0.29) is 5.75 Å². The molecule has 1 aromatic carbocycles. The highest BCUT2D eigenvalue weighted by atomic mass is 16.3. The molecule has 3 aromatic rings. The van der Waals surface area contributed by atoms with Gasteiger partial charge in [-0.25, -0.2) is 15.0 Å². The molecule has 0 aliphatic heterocycles. The lowest BCUT2D eigenvalue weighted by molar-refractivity contribution is 0.475. The highest BCUT2D eigenvalue weighted by Crippen LogP contribution is 2.25. The third-order valence-corrected chi connectivity index (χ3v) is 3.79. The van der Waals surface area contributed by atoms with Gasteiger partial charge in [0.1, 0.15) is 11.6 Å². The Labute approximate surface area is 152 Å². The molecule has 3 rings (SSSR count). The Morgan fingerprint density at radius 2 is 2.04 bits per heavy atom. The molecule has 0 aliphatic carbocycles. The van der Waals surface area contributed by atoms with Crippen LogP contribution < -0.4 is 16.4 Å². The summed E-state index contributed by atoms with van der Waals surface area (Å²) in [4.78, 5) is 13.3. The molecule has 7 heteroatoms. The lowest BCUT2D eigenvalue weighted by Crippen LogP contribution is -2.09. The van der Waals surface area contributed by atoms with Crippen molar-refractivity contribution in [2.75, 3.05) is 23.7 Å². The minimum absolute atomic E-state index is 0.185. The van der Waals surface area contributed by atoms with Crippen molar-refractivity contribution in [1.29, 1.82) is 0 Å². The first-order valence-electron chi connectivity index (χ1n) is 8.46. The number of hydrogen-bond donors (Lipinski definition) is 4. The normalized spacial score (nSPS) is 10.5. The van der Waals surface area contributed by atoms with Gasteiger partial charge in [-0.15, -0.1) is 0 Å². The molecule has 0 aliphatic rings. The second kappa shape index (κ2) is 8.26. The maximum absolute atomic E-state index is 9.58. The van der Waals surface area contributed by atoms with Crippen LogP contribution in [0.1, 0.15) is 12.0 Å². The van der Waals surface area contributed by atoms with Crippen LogP contribution >= 0.6 is 0 Å². The highest BCUT2D eigenvalue weighted by Gasteiger charge is 2.08. The number of anilines is 3. The van der Waals surface area contributed by atoms with Gasteiger partial charge >= 0.3 is 0 Å². The fourth-order valence-electron chi connectivity index (χ4n) is 2.50. The molecule has 0 fully saturated rings. The number of pyridine rings is 1. The average molecular weight is 350 g/mol. The molecule has 0 amide bonds. The van der Waals surface area contributed by atoms with Crippen LogP contribution in [0.4, 0.5) is 17.5 Å². The van der Waals surface area contributed by atoms with Crippen LogP contribution in [-0.2, 0) is 0 Å². The van der Waals surface area contributed by atoms with E-state index in [0.29, 0.717) is 12.5 Å². The van der Waals surface area contributed by atoms with Crippen molar-refractivity contribution in [3.8, 4) is 17.0 Å². The Kier molecular flexibility index (Phi) is 5.60. The summed E-state index contributed by atoms with van der Waals surface area (Å²) in [5, 5.41) is 16.0. The fraction of sp³-hybridized carbons (Fsp3) is 0.211. The molecular weight excluding hydrogens is 328 g/mol. The van der Waals surface area contributed by atoms with Crippen LogP contribution in [0, 0.1) is 6.92 Å². The van der Waals surface area contributed by atoms with Crippen LogP contribution in [-0.4, -0.2) is 33.1 Å². The van der Waals surface area contributed by atoms with Gasteiger partial charge in [0.05, 0.1) is 5.69 Å². The number of nitrogens with two attached hydrogens (primary N) is 1. The minimum atomic E-state index is 0.185. The largest absolute Gasteiger partial charge is 0.508 e. The smallest absolute Gasteiger partial charge is 0.227 e. The summed E-state index contributed by atoms with van der Waals surface area (Å²) in [5.41, 5.74) is 8.99. The summed E-state index contributed by atoms with van der Waals surface area (Å²) in [6.07, 6.45) is 4.41. The topological polar surface area (TPSA) is 109 Å². The van der Waals surface area contributed by atoms with Gasteiger partial charge in [-0.1, -0.05) is 6.07 Å². The van der Waals surface area contributed by atoms with Gasteiger partial charge in [0.25, 0.3) is 0 Å². The fourth-order valence-corrected chi connectivity index (χ4v) is 2.50. The predicted octanol–water partition coefficient (Wildman–Crippen LogP) is 3.06. The summed E-state index contributed by atoms with van der Waals surface area (Å²) in [7, 11) is 0. The van der Waals surface area contributed by atoms with E-state index in [9.17, 15) is 5.11 Å². The van der Waals surface area contributed by atoms with Crippen LogP contribution in [0.5, 0.6) is 5.75 Å². The number of rotatable bonds is 7. The monoisotopic (exact) mass is 350 g/mol. The summed E-state index contributed by atoms with van der Waals surface area (Å²) >= 11 is 0. The number of benzene rings is 1. The molecule has 0 saturated heterocycles. The summed E-state index contributed by atoms with van der Waals surface area (Å²) < 4.78 is 0. The standard InChI is InChI=1S/C19H22N6O/c1-13-12-23-19(24-15-4-2-5-16(26)11-15)25-18(13)14-6-9-22-17(10-14)21-8-3-7-20/h2,4-6,9-12,26H,3,7-8,20H2,1H3,(H,21,22)(H,23,24,25). The average Bonchev–Trinajstić information content (AvgIpc) is 2.64. The third-order valence-electron chi connectivity index (χ3n) is 3.79. The van der Waals surface area contributed by atoms with Crippen molar-refractivity contribution < 1.29 is 5.11 Å². The van der Waals surface area contributed by atoms with Crippen LogP contribution in [0.2, 0.25) is 0 Å². The van der Waals surface area contributed by atoms with Crippen molar-refractivity contribution in [2.24, 2.45) is 5.73 Å². The number of nitrogens with zero attached hydrogens (tertiary/aromatic N) is 3. The second-order valence-electron chi connectivity index (χ2n) is 5.90. The SMILES string of the molecule is Cc1cnc(Nc2cccc(O)c2)nc1-c1ccnc(NCCCN)c1. The molecule has 0 bridgehead atoms. The van der Waals surface area contributed by atoms with Crippen LogP contribution in [0.15, 0.2) is 48.8 Å². The Hall–Kier alpha value is -3.19. The van der Waals surface area contributed by atoms with E-state index in [0.717, 1.165) is 41.3 Å². The molecule has 2 heterocycles. The van der Waals surface area contributed by atoms with Crippen molar-refractivity contribution >= 4 is 17.5 Å². The molecule has 2 aromatic heterocycles. The van der Waals surface area contributed by atoms with Crippen LogP contribution in [0.3, 0.4) is 0 Å². The zero-order valence-electron chi connectivity index (χ0n) is 14.6. The Morgan fingerprint density at radius 3 is 2.85 bits per heavy atom. The molecule has 134 valence electrons. The lowest BCUT2D eigenvalue weighted by Gasteiger charge is -2.11. The van der Waals surface area contributed by atoms with Gasteiger partial charge in [0.15, 0.2) is 0 Å². The number of phenols is 1. The van der Waals surface area contributed by atoms with Gasteiger partial charge in [-0.05, 0) is 49.7 Å². The lowest BCUT2D eigenvalue weighted by atomic mass is 10.1. The predicted molar refractivity (Wildman–Crippen MR) is 104 cm³/mol. The van der Waals surface area contributed by atoms with E-state index >= 15 is 0 Å². The first kappa shape index (κ1) is 17.6. The van der Waals surface area contributed by atoms with Gasteiger partial charge in [-0.3, -0.25) is 0 Å². The van der Waals surface area contributed by atoms with Gasteiger partial charge < -0.3 is 21.5 Å². The van der Waals surface area contributed by atoms with Crippen molar-refractivity contribution in [3.63, 3.8) is 0 Å². The van der Waals surface area contributed by atoms with Crippen molar-refractivity contribution in [1.82, 2.24) is 15.0 Å². The summed E-state index contributed by atoms with van der Waals surface area (Å²) in [5.74, 6) is 1.44. The van der Waals surface area contributed by atoms with Gasteiger partial charge in [0.2, 0.25) is 5.95 Å². The first-order valence-corrected chi connectivity index (χ1v) is 8.46. The van der Waals surface area contributed by atoms with E-state index in [2.05, 4.69) is 25.6 Å². The number of phenolic OH excluding ortho intramolecular Hbond substituents is 1. The minimum Gasteiger partial charge on any atom is -0.508 e. The summed E-state index contributed by atoms with van der Waals surface area (Å²) in [6, 6.07) is 10.7. The van der Waals surface area contributed by atoms with Gasteiger partial charge in [-0.2, -0.15) is 0 Å². The summed E-state index contributed by atoms with van der Waals surface area (Å²) in [6.45, 7) is 3.39. The van der Waals surface area contributed by atoms with E-state index in [4.69, 9.17) is 5.73 Å². The molecule has 0 atom stereocenters. The molecule has 0 unspecified atom stereocenters.